The molecule has 0 fully saturated rings. The molecule has 0 saturated heterocycles. The van der Waals surface area contributed by atoms with E-state index in [4.69, 9.17) is 0 Å². The van der Waals surface area contributed by atoms with E-state index in [2.05, 4.69) is 16.7 Å². The summed E-state index contributed by atoms with van der Waals surface area (Å²) in [7, 11) is 0. The van der Waals surface area contributed by atoms with Gasteiger partial charge in [-0.15, -0.1) is 0 Å². The quantitative estimate of drug-likeness (QED) is 0.821. The molecule has 1 aromatic carbocycles. The Labute approximate surface area is 137 Å². The molecule has 1 heterocycles. The highest BCUT2D eigenvalue weighted by molar-refractivity contribution is 5.94. The van der Waals surface area contributed by atoms with Crippen LogP contribution in [0.25, 0.3) is 0 Å². The van der Waals surface area contributed by atoms with Crippen LogP contribution >= 0.6 is 0 Å². The normalized spacial score (nSPS) is 17.0. The Balaban J connectivity index is 1.48. The van der Waals surface area contributed by atoms with Gasteiger partial charge in [-0.3, -0.25) is 9.59 Å². The number of nitrogens with one attached hydrogen (secondary N) is 2. The monoisotopic (exact) mass is 312 g/mol. The third kappa shape index (κ3) is 4.44. The van der Waals surface area contributed by atoms with Gasteiger partial charge in [-0.2, -0.15) is 0 Å². The number of fused-ring (bicyclic) bond motifs is 1. The highest BCUT2D eigenvalue weighted by atomic mass is 16.2. The van der Waals surface area contributed by atoms with Crippen molar-refractivity contribution in [1.29, 1.82) is 0 Å². The molecule has 1 aliphatic heterocycles. The van der Waals surface area contributed by atoms with Crippen molar-refractivity contribution in [2.24, 2.45) is 0 Å². The van der Waals surface area contributed by atoms with Gasteiger partial charge < -0.3 is 10.6 Å². The van der Waals surface area contributed by atoms with E-state index < -0.39 is 0 Å². The van der Waals surface area contributed by atoms with Gasteiger partial charge in [0.05, 0.1) is 6.42 Å². The predicted octanol–water partition coefficient (Wildman–Crippen LogP) is 3.12. The molecular weight excluding hydrogens is 288 g/mol. The minimum absolute atomic E-state index is 0.0695. The van der Waals surface area contributed by atoms with Gasteiger partial charge in [-0.05, 0) is 55.7 Å². The lowest BCUT2D eigenvalue weighted by molar-refractivity contribution is -0.120. The van der Waals surface area contributed by atoms with Crippen LogP contribution in [0.3, 0.4) is 0 Å². The molecule has 1 aromatic rings. The Morgan fingerprint density at radius 3 is 2.91 bits per heavy atom. The van der Waals surface area contributed by atoms with Crippen LogP contribution in [0.2, 0.25) is 0 Å². The number of allylic oxidation sites excluding steroid dienone is 1. The maximum Gasteiger partial charge on any atom is 0.224 e. The van der Waals surface area contributed by atoms with E-state index in [9.17, 15) is 9.59 Å². The molecule has 0 saturated carbocycles. The minimum atomic E-state index is 0.0695. The number of hydrogen-bond donors (Lipinski definition) is 2. The first kappa shape index (κ1) is 15.8. The second kappa shape index (κ2) is 7.44. The van der Waals surface area contributed by atoms with Crippen LogP contribution in [0, 0.1) is 0 Å². The second-order valence-electron chi connectivity index (χ2n) is 6.42. The summed E-state index contributed by atoms with van der Waals surface area (Å²) in [6.07, 6.45) is 9.94. The zero-order valence-electron chi connectivity index (χ0n) is 13.5. The zero-order valence-corrected chi connectivity index (χ0v) is 13.5. The van der Waals surface area contributed by atoms with Crippen LogP contribution in [0.1, 0.15) is 49.7 Å². The van der Waals surface area contributed by atoms with Crippen LogP contribution in [-0.4, -0.2) is 18.4 Å². The van der Waals surface area contributed by atoms with E-state index in [-0.39, 0.29) is 11.8 Å². The van der Waals surface area contributed by atoms with E-state index >= 15 is 0 Å². The fourth-order valence-electron chi connectivity index (χ4n) is 3.29. The number of amides is 2. The zero-order chi connectivity index (χ0) is 16.1. The molecule has 0 aromatic heterocycles. The summed E-state index contributed by atoms with van der Waals surface area (Å²) in [4.78, 5) is 23.4. The predicted molar refractivity (Wildman–Crippen MR) is 91.3 cm³/mol. The minimum Gasteiger partial charge on any atom is -0.355 e. The van der Waals surface area contributed by atoms with Gasteiger partial charge in [-0.25, -0.2) is 0 Å². The summed E-state index contributed by atoms with van der Waals surface area (Å²) in [5.41, 5.74) is 4.51. The van der Waals surface area contributed by atoms with Crippen molar-refractivity contribution in [3.8, 4) is 0 Å². The van der Waals surface area contributed by atoms with Crippen LogP contribution in [0.4, 0.5) is 5.69 Å². The SMILES string of the molecule is O=C(Cc1ccc2c(c1)CCC(=O)N2)NCCC1=CCCCC1. The van der Waals surface area contributed by atoms with Crippen LogP contribution in [-0.2, 0) is 22.4 Å². The van der Waals surface area contributed by atoms with E-state index in [0.29, 0.717) is 12.8 Å². The lowest BCUT2D eigenvalue weighted by Crippen LogP contribution is -2.26. The highest BCUT2D eigenvalue weighted by Gasteiger charge is 2.15. The molecule has 0 radical (unpaired) electrons. The van der Waals surface area contributed by atoms with Crippen molar-refractivity contribution in [3.63, 3.8) is 0 Å². The Hall–Kier alpha value is -2.10. The molecule has 23 heavy (non-hydrogen) atoms. The Morgan fingerprint density at radius 2 is 2.09 bits per heavy atom. The molecule has 4 nitrogen and oxygen atoms in total. The topological polar surface area (TPSA) is 58.2 Å². The number of carbonyl (C=O) groups excluding carboxylic acids is 2. The molecule has 0 unspecified atom stereocenters. The molecule has 2 N–H and O–H groups in total. The average Bonchev–Trinajstić information content (AvgIpc) is 2.56. The van der Waals surface area contributed by atoms with Crippen LogP contribution < -0.4 is 10.6 Å². The Bertz CT molecular complexity index is 634. The number of carbonyl (C=O) groups is 2. The van der Waals surface area contributed by atoms with Crippen molar-refractivity contribution >= 4 is 17.5 Å². The first-order chi connectivity index (χ1) is 11.2. The fraction of sp³-hybridized carbons (Fsp3) is 0.474. The molecule has 0 atom stereocenters. The summed E-state index contributed by atoms with van der Waals surface area (Å²) in [5, 5.41) is 5.88. The number of anilines is 1. The number of benzene rings is 1. The van der Waals surface area contributed by atoms with Gasteiger partial charge in [0.2, 0.25) is 11.8 Å². The summed E-state index contributed by atoms with van der Waals surface area (Å²) < 4.78 is 0. The molecule has 122 valence electrons. The van der Waals surface area contributed by atoms with Gasteiger partial charge in [0, 0.05) is 18.7 Å². The molecule has 0 bridgehead atoms. The number of rotatable bonds is 5. The standard InChI is InChI=1S/C19H24N2O2/c22-18-9-7-16-12-15(6-8-17(16)21-18)13-19(23)20-11-10-14-4-2-1-3-5-14/h4,6,8,12H,1-3,5,7,9-11,13H2,(H,20,23)(H,21,22). The molecule has 2 amide bonds. The molecule has 0 spiro atoms. The van der Waals surface area contributed by atoms with Gasteiger partial charge in [0.1, 0.15) is 0 Å². The van der Waals surface area contributed by atoms with E-state index in [1.54, 1.807) is 0 Å². The van der Waals surface area contributed by atoms with Gasteiger partial charge in [0.15, 0.2) is 0 Å². The van der Waals surface area contributed by atoms with E-state index in [0.717, 1.165) is 36.2 Å². The summed E-state index contributed by atoms with van der Waals surface area (Å²) in [5.74, 6) is 0.140. The maximum absolute atomic E-state index is 12.1. The lowest BCUT2D eigenvalue weighted by atomic mass is 9.97. The second-order valence-corrected chi connectivity index (χ2v) is 6.42. The lowest BCUT2D eigenvalue weighted by Gasteiger charge is -2.17. The van der Waals surface area contributed by atoms with Gasteiger partial charge in [0.25, 0.3) is 0 Å². The fourth-order valence-corrected chi connectivity index (χ4v) is 3.29. The summed E-state index contributed by atoms with van der Waals surface area (Å²) >= 11 is 0. The third-order valence-electron chi connectivity index (χ3n) is 4.58. The summed E-state index contributed by atoms with van der Waals surface area (Å²) in [6.45, 7) is 0.728. The van der Waals surface area contributed by atoms with Crippen molar-refractivity contribution in [2.45, 2.75) is 51.4 Å². The molecule has 2 aliphatic rings. The van der Waals surface area contributed by atoms with Crippen molar-refractivity contribution in [1.82, 2.24) is 5.32 Å². The molecule has 4 heteroatoms. The van der Waals surface area contributed by atoms with Crippen molar-refractivity contribution < 1.29 is 9.59 Å². The molecule has 1 aliphatic carbocycles. The summed E-state index contributed by atoms with van der Waals surface area (Å²) in [6, 6.07) is 5.87. The smallest absolute Gasteiger partial charge is 0.224 e. The maximum atomic E-state index is 12.1. The van der Waals surface area contributed by atoms with Crippen molar-refractivity contribution in [3.05, 3.63) is 41.0 Å². The number of hydrogen-bond acceptors (Lipinski definition) is 2. The van der Waals surface area contributed by atoms with E-state index in [1.165, 1.54) is 31.3 Å². The van der Waals surface area contributed by atoms with E-state index in [1.807, 2.05) is 18.2 Å². The Morgan fingerprint density at radius 1 is 1.17 bits per heavy atom. The van der Waals surface area contributed by atoms with Crippen LogP contribution in [0.5, 0.6) is 0 Å². The van der Waals surface area contributed by atoms with Crippen molar-refractivity contribution in [2.75, 3.05) is 11.9 Å². The van der Waals surface area contributed by atoms with Crippen LogP contribution in [0.15, 0.2) is 29.8 Å². The molecule has 3 rings (SSSR count). The first-order valence-corrected chi connectivity index (χ1v) is 8.57. The first-order valence-electron chi connectivity index (χ1n) is 8.57. The average molecular weight is 312 g/mol. The largest absolute Gasteiger partial charge is 0.355 e. The van der Waals surface area contributed by atoms with Gasteiger partial charge in [-0.1, -0.05) is 23.8 Å². The molecular formula is C19H24N2O2. The third-order valence-corrected chi connectivity index (χ3v) is 4.58. The number of aryl methyl sites for hydroxylation is 1. The Kier molecular flexibility index (Phi) is 5.11. The highest BCUT2D eigenvalue weighted by Crippen LogP contribution is 2.23. The van der Waals surface area contributed by atoms with Gasteiger partial charge >= 0.3 is 0 Å².